The van der Waals surface area contributed by atoms with Gasteiger partial charge in [-0.05, 0) is 30.7 Å². The molecule has 0 radical (unpaired) electrons. The van der Waals surface area contributed by atoms with Gasteiger partial charge < -0.3 is 5.32 Å². The van der Waals surface area contributed by atoms with Gasteiger partial charge in [-0.25, -0.2) is 0 Å². The van der Waals surface area contributed by atoms with E-state index in [2.05, 4.69) is 23.4 Å². The summed E-state index contributed by atoms with van der Waals surface area (Å²) in [6, 6.07) is 15.6. The lowest BCUT2D eigenvalue weighted by atomic mass is 10.1. The summed E-state index contributed by atoms with van der Waals surface area (Å²) >= 11 is 0. The van der Waals surface area contributed by atoms with Gasteiger partial charge in [0.25, 0.3) is 0 Å². The van der Waals surface area contributed by atoms with Crippen LogP contribution in [0.25, 0.3) is 10.9 Å². The Balaban J connectivity index is 1.67. The predicted molar refractivity (Wildman–Crippen MR) is 84.2 cm³/mol. The lowest BCUT2D eigenvalue weighted by molar-refractivity contribution is -0.116. The molecule has 3 aromatic rings. The van der Waals surface area contributed by atoms with Crippen LogP contribution in [0.4, 0.5) is 5.69 Å². The van der Waals surface area contributed by atoms with Gasteiger partial charge in [0, 0.05) is 17.5 Å². The summed E-state index contributed by atoms with van der Waals surface area (Å²) in [5.41, 5.74) is 3.10. The van der Waals surface area contributed by atoms with Gasteiger partial charge in [-0.3, -0.25) is 9.48 Å². The second kappa shape index (κ2) is 5.79. The SMILES string of the molecule is Cc1cccc2c1cnn2CCC(=O)Nc1ccccc1. The summed E-state index contributed by atoms with van der Waals surface area (Å²) < 4.78 is 1.88. The van der Waals surface area contributed by atoms with Gasteiger partial charge in [0.2, 0.25) is 5.91 Å². The van der Waals surface area contributed by atoms with E-state index in [0.29, 0.717) is 13.0 Å². The molecule has 0 aliphatic heterocycles. The van der Waals surface area contributed by atoms with Gasteiger partial charge in [-0.2, -0.15) is 5.10 Å². The molecule has 3 rings (SSSR count). The van der Waals surface area contributed by atoms with Crippen LogP contribution < -0.4 is 5.32 Å². The Bertz CT molecular complexity index is 762. The highest BCUT2D eigenvalue weighted by atomic mass is 16.1. The standard InChI is InChI=1S/C17H17N3O/c1-13-6-5-9-16-15(13)12-18-20(16)11-10-17(21)19-14-7-3-2-4-8-14/h2-9,12H,10-11H2,1H3,(H,19,21). The molecule has 0 spiro atoms. The fourth-order valence-electron chi connectivity index (χ4n) is 2.38. The number of carbonyl (C=O) groups excluding carboxylic acids is 1. The van der Waals surface area contributed by atoms with Crippen molar-refractivity contribution >= 4 is 22.5 Å². The normalized spacial score (nSPS) is 10.7. The minimum Gasteiger partial charge on any atom is -0.326 e. The van der Waals surface area contributed by atoms with Crippen molar-refractivity contribution in [1.29, 1.82) is 0 Å². The van der Waals surface area contributed by atoms with E-state index in [9.17, 15) is 4.79 Å². The van der Waals surface area contributed by atoms with Crippen LogP contribution >= 0.6 is 0 Å². The van der Waals surface area contributed by atoms with Crippen molar-refractivity contribution in [3.05, 3.63) is 60.3 Å². The number of amides is 1. The highest BCUT2D eigenvalue weighted by molar-refractivity contribution is 5.90. The number of carbonyl (C=O) groups is 1. The average Bonchev–Trinajstić information content (AvgIpc) is 2.91. The molecule has 21 heavy (non-hydrogen) atoms. The molecule has 1 N–H and O–H groups in total. The highest BCUT2D eigenvalue weighted by Crippen LogP contribution is 2.17. The molecule has 0 fully saturated rings. The van der Waals surface area contributed by atoms with Gasteiger partial charge in [-0.1, -0.05) is 30.3 Å². The van der Waals surface area contributed by atoms with Crippen LogP contribution in [0.1, 0.15) is 12.0 Å². The van der Waals surface area contributed by atoms with Gasteiger partial charge >= 0.3 is 0 Å². The molecule has 1 heterocycles. The van der Waals surface area contributed by atoms with Crippen molar-refractivity contribution in [2.75, 3.05) is 5.32 Å². The van der Waals surface area contributed by atoms with Crippen LogP contribution in [0.5, 0.6) is 0 Å². The van der Waals surface area contributed by atoms with Crippen molar-refractivity contribution in [2.45, 2.75) is 19.9 Å². The molecule has 0 aliphatic carbocycles. The first-order chi connectivity index (χ1) is 10.2. The average molecular weight is 279 g/mol. The number of para-hydroxylation sites is 1. The highest BCUT2D eigenvalue weighted by Gasteiger charge is 2.07. The topological polar surface area (TPSA) is 46.9 Å². The molecular formula is C17H17N3O. The van der Waals surface area contributed by atoms with Gasteiger partial charge in [0.05, 0.1) is 18.3 Å². The number of rotatable bonds is 4. The van der Waals surface area contributed by atoms with E-state index in [-0.39, 0.29) is 5.91 Å². The quantitative estimate of drug-likeness (QED) is 0.796. The van der Waals surface area contributed by atoms with E-state index < -0.39 is 0 Å². The number of anilines is 1. The Labute approximate surface area is 123 Å². The molecule has 2 aromatic carbocycles. The summed E-state index contributed by atoms with van der Waals surface area (Å²) in [5, 5.41) is 8.40. The Hall–Kier alpha value is -2.62. The molecule has 4 nitrogen and oxygen atoms in total. The number of nitrogens with zero attached hydrogens (tertiary/aromatic N) is 2. The van der Waals surface area contributed by atoms with Gasteiger partial charge in [0.1, 0.15) is 0 Å². The molecule has 0 aliphatic rings. The molecule has 1 amide bonds. The molecular weight excluding hydrogens is 262 g/mol. The fourth-order valence-corrected chi connectivity index (χ4v) is 2.38. The van der Waals surface area contributed by atoms with E-state index in [1.165, 1.54) is 5.56 Å². The third-order valence-corrected chi connectivity index (χ3v) is 3.51. The number of aromatic nitrogens is 2. The Morgan fingerprint density at radius 1 is 1.14 bits per heavy atom. The largest absolute Gasteiger partial charge is 0.326 e. The van der Waals surface area contributed by atoms with Crippen LogP contribution in [-0.2, 0) is 11.3 Å². The van der Waals surface area contributed by atoms with Crippen LogP contribution in [0.2, 0.25) is 0 Å². The maximum absolute atomic E-state index is 12.0. The third-order valence-electron chi connectivity index (χ3n) is 3.51. The smallest absolute Gasteiger partial charge is 0.226 e. The maximum atomic E-state index is 12.0. The number of nitrogens with one attached hydrogen (secondary N) is 1. The second-order valence-corrected chi connectivity index (χ2v) is 5.04. The fraction of sp³-hybridized carbons (Fsp3) is 0.176. The minimum atomic E-state index is -0.00231. The van der Waals surface area contributed by atoms with Crippen molar-refractivity contribution in [3.8, 4) is 0 Å². The molecule has 0 saturated heterocycles. The molecule has 0 atom stereocenters. The Kier molecular flexibility index (Phi) is 3.69. The van der Waals surface area contributed by atoms with E-state index in [4.69, 9.17) is 0 Å². The number of hydrogen-bond acceptors (Lipinski definition) is 2. The van der Waals surface area contributed by atoms with E-state index in [1.807, 2.05) is 53.3 Å². The predicted octanol–water partition coefficient (Wildman–Crippen LogP) is 3.37. The first-order valence-electron chi connectivity index (χ1n) is 7.00. The lowest BCUT2D eigenvalue weighted by Crippen LogP contribution is -2.14. The van der Waals surface area contributed by atoms with Crippen LogP contribution in [0.15, 0.2) is 54.7 Å². The first-order valence-corrected chi connectivity index (χ1v) is 7.00. The van der Waals surface area contributed by atoms with E-state index in [1.54, 1.807) is 0 Å². The van der Waals surface area contributed by atoms with Crippen LogP contribution in [0.3, 0.4) is 0 Å². The number of aryl methyl sites for hydroxylation is 2. The lowest BCUT2D eigenvalue weighted by Gasteiger charge is -2.06. The monoisotopic (exact) mass is 279 g/mol. The first kappa shape index (κ1) is 13.4. The molecule has 0 bridgehead atoms. The molecule has 1 aromatic heterocycles. The second-order valence-electron chi connectivity index (χ2n) is 5.04. The van der Waals surface area contributed by atoms with Crippen LogP contribution in [-0.4, -0.2) is 15.7 Å². The zero-order chi connectivity index (χ0) is 14.7. The molecule has 0 unspecified atom stereocenters. The zero-order valence-corrected chi connectivity index (χ0v) is 11.9. The van der Waals surface area contributed by atoms with Gasteiger partial charge in [-0.15, -0.1) is 0 Å². The third kappa shape index (κ3) is 2.94. The molecule has 106 valence electrons. The Morgan fingerprint density at radius 2 is 1.95 bits per heavy atom. The minimum absolute atomic E-state index is 0.00231. The Morgan fingerprint density at radius 3 is 2.76 bits per heavy atom. The number of hydrogen-bond donors (Lipinski definition) is 1. The summed E-state index contributed by atoms with van der Waals surface area (Å²) in [6.45, 7) is 2.64. The van der Waals surface area contributed by atoms with Crippen molar-refractivity contribution in [3.63, 3.8) is 0 Å². The van der Waals surface area contributed by atoms with Crippen molar-refractivity contribution in [2.24, 2.45) is 0 Å². The molecule has 4 heteroatoms. The number of fused-ring (bicyclic) bond motifs is 1. The van der Waals surface area contributed by atoms with Gasteiger partial charge in [0.15, 0.2) is 0 Å². The maximum Gasteiger partial charge on any atom is 0.226 e. The summed E-state index contributed by atoms with van der Waals surface area (Å²) in [4.78, 5) is 12.0. The van der Waals surface area contributed by atoms with E-state index in [0.717, 1.165) is 16.6 Å². The van der Waals surface area contributed by atoms with Crippen LogP contribution in [0, 0.1) is 6.92 Å². The number of benzene rings is 2. The van der Waals surface area contributed by atoms with Crippen molar-refractivity contribution < 1.29 is 4.79 Å². The summed E-state index contributed by atoms with van der Waals surface area (Å²) in [6.07, 6.45) is 2.26. The zero-order valence-electron chi connectivity index (χ0n) is 11.9. The molecule has 0 saturated carbocycles. The van der Waals surface area contributed by atoms with Crippen molar-refractivity contribution in [1.82, 2.24) is 9.78 Å². The summed E-state index contributed by atoms with van der Waals surface area (Å²) in [5.74, 6) is -0.00231. The summed E-state index contributed by atoms with van der Waals surface area (Å²) in [7, 11) is 0. The van der Waals surface area contributed by atoms with E-state index >= 15 is 0 Å².